The maximum Gasteiger partial charge on any atom is 0.0650 e. The predicted molar refractivity (Wildman–Crippen MR) is 58.2 cm³/mol. The van der Waals surface area contributed by atoms with Gasteiger partial charge in [0, 0.05) is 16.8 Å². The average molecular weight is 247 g/mol. The molecule has 2 aliphatic carbocycles. The molecule has 2 heteroatoms. The van der Waals surface area contributed by atoms with Crippen molar-refractivity contribution >= 4 is 15.9 Å². The monoisotopic (exact) mass is 246 g/mol. The van der Waals surface area contributed by atoms with Gasteiger partial charge in [0.2, 0.25) is 0 Å². The van der Waals surface area contributed by atoms with Crippen molar-refractivity contribution in [1.29, 1.82) is 0 Å². The number of ether oxygens (including phenoxy) is 1. The molecule has 0 saturated heterocycles. The summed E-state index contributed by atoms with van der Waals surface area (Å²) in [4.78, 5) is 0.675. The van der Waals surface area contributed by atoms with Gasteiger partial charge >= 0.3 is 0 Å². The molecule has 2 rings (SSSR count). The first-order valence-corrected chi connectivity index (χ1v) is 6.34. The van der Waals surface area contributed by atoms with Gasteiger partial charge in [-0.1, -0.05) is 29.8 Å². The molecule has 0 N–H and O–H groups in total. The summed E-state index contributed by atoms with van der Waals surface area (Å²) >= 11 is 3.73. The predicted octanol–water partition coefficient (Wildman–Crippen LogP) is 3.37. The van der Waals surface area contributed by atoms with E-state index in [0.29, 0.717) is 16.3 Å². The Morgan fingerprint density at radius 1 is 1.46 bits per heavy atom. The zero-order valence-electron chi connectivity index (χ0n) is 8.55. The summed E-state index contributed by atoms with van der Waals surface area (Å²) in [6.07, 6.45) is 5.73. The lowest BCUT2D eigenvalue weighted by molar-refractivity contribution is -0.0991. The second-order valence-electron chi connectivity index (χ2n) is 4.83. The molecule has 2 saturated carbocycles. The summed E-state index contributed by atoms with van der Waals surface area (Å²) in [5.41, 5.74) is 0.398. The molecule has 3 atom stereocenters. The highest BCUT2D eigenvalue weighted by Crippen LogP contribution is 2.50. The van der Waals surface area contributed by atoms with Crippen molar-refractivity contribution in [3.05, 3.63) is 0 Å². The van der Waals surface area contributed by atoms with Gasteiger partial charge in [0.1, 0.15) is 0 Å². The van der Waals surface area contributed by atoms with Crippen LogP contribution in [0.3, 0.4) is 0 Å². The lowest BCUT2D eigenvalue weighted by Gasteiger charge is -2.51. The van der Waals surface area contributed by atoms with Gasteiger partial charge in [0.15, 0.2) is 0 Å². The Balaban J connectivity index is 1.79. The van der Waals surface area contributed by atoms with Crippen molar-refractivity contribution in [3.63, 3.8) is 0 Å². The molecular formula is C11H19BrO. The van der Waals surface area contributed by atoms with Crippen LogP contribution in [0.1, 0.15) is 39.5 Å². The van der Waals surface area contributed by atoms with Gasteiger partial charge < -0.3 is 4.74 Å². The average Bonchev–Trinajstić information content (AvgIpc) is 2.94. The summed E-state index contributed by atoms with van der Waals surface area (Å²) in [5, 5.41) is 0. The van der Waals surface area contributed by atoms with E-state index in [1.807, 2.05) is 0 Å². The molecule has 2 aliphatic rings. The molecule has 1 nitrogen and oxygen atoms in total. The Labute approximate surface area is 89.4 Å². The van der Waals surface area contributed by atoms with Gasteiger partial charge in [-0.2, -0.15) is 0 Å². The van der Waals surface area contributed by atoms with E-state index in [1.54, 1.807) is 0 Å². The van der Waals surface area contributed by atoms with Crippen LogP contribution in [0.25, 0.3) is 0 Å². The van der Waals surface area contributed by atoms with Crippen molar-refractivity contribution in [3.8, 4) is 0 Å². The Bertz CT molecular complexity index is 191. The number of halogens is 1. The van der Waals surface area contributed by atoms with Gasteiger partial charge in [0.25, 0.3) is 0 Å². The fourth-order valence-corrected chi connectivity index (χ4v) is 2.97. The second-order valence-corrected chi connectivity index (χ2v) is 5.93. The SMILES string of the molecule is CCC1(C)C(Br)CC1OCC1CC1. The standard InChI is InChI=1S/C11H19BrO/c1-3-11(2)9(12)6-10(11)13-7-8-4-5-8/h8-10H,3-7H2,1-2H3. The minimum Gasteiger partial charge on any atom is -0.377 e. The van der Waals surface area contributed by atoms with E-state index in [0.717, 1.165) is 12.5 Å². The first-order valence-electron chi connectivity index (χ1n) is 5.42. The Kier molecular flexibility index (Phi) is 2.72. The fourth-order valence-electron chi connectivity index (χ4n) is 2.01. The molecular weight excluding hydrogens is 228 g/mol. The van der Waals surface area contributed by atoms with Crippen LogP contribution < -0.4 is 0 Å². The van der Waals surface area contributed by atoms with Gasteiger partial charge in [-0.3, -0.25) is 0 Å². The van der Waals surface area contributed by atoms with Crippen LogP contribution in [-0.2, 0) is 4.74 Å². The molecule has 0 amide bonds. The lowest BCUT2D eigenvalue weighted by atomic mass is 9.66. The van der Waals surface area contributed by atoms with Crippen LogP contribution in [0.5, 0.6) is 0 Å². The molecule has 0 aromatic rings. The van der Waals surface area contributed by atoms with Gasteiger partial charge in [-0.05, 0) is 31.6 Å². The van der Waals surface area contributed by atoms with Gasteiger partial charge in [-0.25, -0.2) is 0 Å². The van der Waals surface area contributed by atoms with Crippen LogP contribution in [-0.4, -0.2) is 17.5 Å². The normalized spacial score (nSPS) is 44.5. The van der Waals surface area contributed by atoms with Gasteiger partial charge in [-0.15, -0.1) is 0 Å². The second kappa shape index (κ2) is 3.54. The first-order chi connectivity index (χ1) is 6.16. The zero-order valence-corrected chi connectivity index (χ0v) is 10.1. The highest BCUT2D eigenvalue weighted by Gasteiger charge is 2.50. The summed E-state index contributed by atoms with van der Waals surface area (Å²) in [7, 11) is 0. The third-order valence-electron chi connectivity index (χ3n) is 3.86. The summed E-state index contributed by atoms with van der Waals surface area (Å²) in [6.45, 7) is 5.62. The minimum atomic E-state index is 0.398. The summed E-state index contributed by atoms with van der Waals surface area (Å²) < 4.78 is 5.95. The van der Waals surface area contributed by atoms with E-state index >= 15 is 0 Å². The van der Waals surface area contributed by atoms with Crippen molar-refractivity contribution in [2.24, 2.45) is 11.3 Å². The fraction of sp³-hybridized carbons (Fsp3) is 1.00. The molecule has 0 spiro atoms. The van der Waals surface area contributed by atoms with E-state index in [-0.39, 0.29) is 0 Å². The van der Waals surface area contributed by atoms with Gasteiger partial charge in [0.05, 0.1) is 6.10 Å². The van der Waals surface area contributed by atoms with Crippen molar-refractivity contribution in [1.82, 2.24) is 0 Å². The van der Waals surface area contributed by atoms with E-state index in [2.05, 4.69) is 29.8 Å². The van der Waals surface area contributed by atoms with E-state index in [4.69, 9.17) is 4.74 Å². The van der Waals surface area contributed by atoms with Crippen LogP contribution in [0.2, 0.25) is 0 Å². The summed E-state index contributed by atoms with van der Waals surface area (Å²) in [6, 6.07) is 0. The Morgan fingerprint density at radius 3 is 2.62 bits per heavy atom. The zero-order chi connectivity index (χ0) is 9.47. The molecule has 0 aromatic heterocycles. The Hall–Kier alpha value is 0.440. The quantitative estimate of drug-likeness (QED) is 0.692. The van der Waals surface area contributed by atoms with E-state index < -0.39 is 0 Å². The molecule has 0 heterocycles. The van der Waals surface area contributed by atoms with E-state index in [1.165, 1.54) is 25.7 Å². The molecule has 13 heavy (non-hydrogen) atoms. The molecule has 0 bridgehead atoms. The van der Waals surface area contributed by atoms with E-state index in [9.17, 15) is 0 Å². The number of alkyl halides is 1. The number of rotatable bonds is 4. The van der Waals surface area contributed by atoms with Crippen LogP contribution in [0.4, 0.5) is 0 Å². The maximum absolute atomic E-state index is 5.95. The summed E-state index contributed by atoms with van der Waals surface area (Å²) in [5.74, 6) is 0.899. The lowest BCUT2D eigenvalue weighted by Crippen LogP contribution is -2.53. The molecule has 76 valence electrons. The molecule has 0 aliphatic heterocycles. The molecule has 0 aromatic carbocycles. The Morgan fingerprint density at radius 2 is 2.15 bits per heavy atom. The first kappa shape index (κ1) is 9.97. The number of hydrogen-bond acceptors (Lipinski definition) is 1. The molecule has 2 fully saturated rings. The highest BCUT2D eigenvalue weighted by atomic mass is 79.9. The van der Waals surface area contributed by atoms with Crippen LogP contribution in [0.15, 0.2) is 0 Å². The molecule has 0 radical (unpaired) electrons. The number of hydrogen-bond donors (Lipinski definition) is 0. The maximum atomic E-state index is 5.95. The largest absolute Gasteiger partial charge is 0.377 e. The smallest absolute Gasteiger partial charge is 0.0650 e. The minimum absolute atomic E-state index is 0.398. The molecule has 3 unspecified atom stereocenters. The van der Waals surface area contributed by atoms with Crippen molar-refractivity contribution in [2.75, 3.05) is 6.61 Å². The highest BCUT2D eigenvalue weighted by molar-refractivity contribution is 9.09. The third kappa shape index (κ3) is 1.80. The van der Waals surface area contributed by atoms with Crippen LogP contribution >= 0.6 is 15.9 Å². The van der Waals surface area contributed by atoms with Crippen molar-refractivity contribution < 1.29 is 4.74 Å². The van der Waals surface area contributed by atoms with Crippen LogP contribution in [0, 0.1) is 11.3 Å². The van der Waals surface area contributed by atoms with Crippen molar-refractivity contribution in [2.45, 2.75) is 50.5 Å². The topological polar surface area (TPSA) is 9.23 Å². The third-order valence-corrected chi connectivity index (χ3v) is 5.28.